The van der Waals surface area contributed by atoms with E-state index in [0.29, 0.717) is 0 Å². The molecular formula is C5H10O5. The molecule has 0 aliphatic carbocycles. The SMILES string of the molecule is [2H]C(=O)[C@]([2H])(O)[C@]([2H])(O)[C@]([2H])(O)C([2H])([2H])O. The summed E-state index contributed by atoms with van der Waals surface area (Å²) >= 11 is 0. The second kappa shape index (κ2) is 4.35. The van der Waals surface area contributed by atoms with Gasteiger partial charge in [0.05, 0.1) is 13.4 Å². The van der Waals surface area contributed by atoms with Crippen LogP contribution in [0.3, 0.4) is 0 Å². The summed E-state index contributed by atoms with van der Waals surface area (Å²) in [4.78, 5) is 10.4. The summed E-state index contributed by atoms with van der Waals surface area (Å²) < 4.78 is 39.9. The van der Waals surface area contributed by atoms with Gasteiger partial charge in [-0.1, -0.05) is 0 Å². The van der Waals surface area contributed by atoms with E-state index in [9.17, 15) is 4.79 Å². The molecular weight excluding hydrogens is 140 g/mol. The lowest BCUT2D eigenvalue weighted by molar-refractivity contribution is -0.127. The first-order valence-electron chi connectivity index (χ1n) is 5.10. The molecule has 5 nitrogen and oxygen atoms in total. The Bertz CT molecular complexity index is 294. The minimum Gasteiger partial charge on any atom is -0.394 e. The molecule has 0 radical (unpaired) electrons. The molecule has 0 spiro atoms. The number of carbonyl (C=O) groups excluding carboxylic acids is 1. The van der Waals surface area contributed by atoms with Crippen LogP contribution in [0.1, 0.15) is 8.22 Å². The van der Waals surface area contributed by atoms with Crippen molar-refractivity contribution < 1.29 is 33.4 Å². The molecule has 3 atom stereocenters. The highest BCUT2D eigenvalue weighted by atomic mass is 16.4. The fourth-order valence-electron chi connectivity index (χ4n) is 0.213. The van der Waals surface area contributed by atoms with Crippen LogP contribution in [0.4, 0.5) is 0 Å². The summed E-state index contributed by atoms with van der Waals surface area (Å²) in [6.45, 7) is -3.91. The van der Waals surface area contributed by atoms with Crippen LogP contribution in [-0.2, 0) is 4.79 Å². The van der Waals surface area contributed by atoms with Gasteiger partial charge in [0.25, 0.3) is 0 Å². The number of rotatable bonds is 4. The van der Waals surface area contributed by atoms with E-state index in [1.165, 1.54) is 0 Å². The van der Waals surface area contributed by atoms with Gasteiger partial charge in [-0.2, -0.15) is 0 Å². The van der Waals surface area contributed by atoms with Crippen LogP contribution in [-0.4, -0.2) is 51.5 Å². The summed E-state index contributed by atoms with van der Waals surface area (Å²) in [6, 6.07) is 0. The highest BCUT2D eigenvalue weighted by molar-refractivity contribution is 5.56. The van der Waals surface area contributed by atoms with Gasteiger partial charge >= 0.3 is 0 Å². The van der Waals surface area contributed by atoms with Gasteiger partial charge in [0, 0.05) is 0 Å². The van der Waals surface area contributed by atoms with Crippen LogP contribution in [0, 0.1) is 0 Å². The summed E-state index contributed by atoms with van der Waals surface area (Å²) in [5.41, 5.74) is 0. The third-order valence-corrected chi connectivity index (χ3v) is 0.651. The average Bonchev–Trinajstić information content (AvgIpc) is 2.00. The Hall–Kier alpha value is -0.490. The lowest BCUT2D eigenvalue weighted by Crippen LogP contribution is -2.40. The zero-order valence-electron chi connectivity index (χ0n) is 10.7. The predicted octanol–water partition coefficient (Wildman–Crippen LogP) is -2.74. The van der Waals surface area contributed by atoms with Crippen molar-refractivity contribution in [1.82, 2.24) is 0 Å². The molecule has 0 saturated carbocycles. The van der Waals surface area contributed by atoms with Crippen LogP contribution >= 0.6 is 0 Å². The topological polar surface area (TPSA) is 98.0 Å². The molecule has 0 unspecified atom stereocenters. The Labute approximate surface area is 66.0 Å². The van der Waals surface area contributed by atoms with E-state index in [4.69, 9.17) is 28.7 Å². The van der Waals surface area contributed by atoms with Crippen molar-refractivity contribution in [2.45, 2.75) is 18.2 Å². The largest absolute Gasteiger partial charge is 0.394 e. The molecule has 0 aliphatic heterocycles. The molecule has 0 rings (SSSR count). The Morgan fingerprint density at radius 3 is 2.50 bits per heavy atom. The molecule has 0 aromatic rings. The number of aliphatic hydroxyl groups is 4. The number of hydrogen-bond acceptors (Lipinski definition) is 5. The first-order valence-corrected chi connectivity index (χ1v) is 2.10. The molecule has 0 heterocycles. The van der Waals surface area contributed by atoms with Gasteiger partial charge in [-0.15, -0.1) is 0 Å². The van der Waals surface area contributed by atoms with Gasteiger partial charge in [-0.3, -0.25) is 0 Å². The van der Waals surface area contributed by atoms with Crippen LogP contribution in [0.25, 0.3) is 0 Å². The summed E-state index contributed by atoms with van der Waals surface area (Å²) in [5, 5.41) is 35.8. The summed E-state index contributed by atoms with van der Waals surface area (Å²) in [5.74, 6) is 0. The predicted molar refractivity (Wildman–Crippen MR) is 31.2 cm³/mol. The molecule has 10 heavy (non-hydrogen) atoms. The van der Waals surface area contributed by atoms with Gasteiger partial charge in [0.1, 0.15) is 19.6 Å². The fourth-order valence-corrected chi connectivity index (χ4v) is 0.213. The van der Waals surface area contributed by atoms with Crippen molar-refractivity contribution in [3.63, 3.8) is 0 Å². The van der Waals surface area contributed by atoms with E-state index in [-0.39, 0.29) is 0 Å². The fraction of sp³-hybridized carbons (Fsp3) is 0.800. The first kappa shape index (κ1) is 3.27. The van der Waals surface area contributed by atoms with Crippen LogP contribution < -0.4 is 0 Å². The zero-order chi connectivity index (χ0) is 13.6. The maximum absolute atomic E-state index is 10.4. The van der Waals surface area contributed by atoms with Crippen LogP contribution in [0.15, 0.2) is 0 Å². The van der Waals surface area contributed by atoms with Gasteiger partial charge in [-0.25, -0.2) is 0 Å². The number of carbonyl (C=O) groups is 1. The first-order chi connectivity index (χ1) is 6.69. The maximum atomic E-state index is 10.4. The molecule has 0 aromatic carbocycles. The standard InChI is InChI=1S/C5H10O5/c6-1-3(8)5(10)4(9)2-7/h1,3-5,7-10H,2H2/t3-,4+,5-/m0/s1/i1D,2D2,3D,4D,5D. The third kappa shape index (κ3) is 2.40. The van der Waals surface area contributed by atoms with Crippen molar-refractivity contribution in [2.24, 2.45) is 0 Å². The van der Waals surface area contributed by atoms with E-state index < -0.39 is 31.1 Å². The monoisotopic (exact) mass is 156 g/mol. The molecule has 0 amide bonds. The zero-order valence-corrected chi connectivity index (χ0v) is 4.70. The highest BCUT2D eigenvalue weighted by Crippen LogP contribution is 1.96. The van der Waals surface area contributed by atoms with E-state index in [1.807, 2.05) is 0 Å². The maximum Gasteiger partial charge on any atom is 0.151 e. The van der Waals surface area contributed by atoms with Crippen molar-refractivity contribution in [3.8, 4) is 0 Å². The Balaban J connectivity index is 5.62. The molecule has 0 saturated heterocycles. The van der Waals surface area contributed by atoms with E-state index >= 15 is 0 Å². The van der Waals surface area contributed by atoms with Crippen molar-refractivity contribution in [2.75, 3.05) is 6.56 Å². The summed E-state index contributed by atoms with van der Waals surface area (Å²) in [7, 11) is 0. The van der Waals surface area contributed by atoms with E-state index in [1.54, 1.807) is 0 Å². The van der Waals surface area contributed by atoms with Crippen molar-refractivity contribution >= 4 is 6.26 Å². The number of aldehydes is 1. The lowest BCUT2D eigenvalue weighted by Gasteiger charge is -2.16. The van der Waals surface area contributed by atoms with Gasteiger partial charge < -0.3 is 25.2 Å². The molecule has 4 N–H and O–H groups in total. The quantitative estimate of drug-likeness (QED) is 0.331. The Morgan fingerprint density at radius 2 is 2.20 bits per heavy atom. The molecule has 60 valence electrons. The second-order valence-electron chi connectivity index (χ2n) is 1.26. The molecule has 0 bridgehead atoms. The minimum absolute atomic E-state index is 2.25. The molecule has 5 heteroatoms. The molecule has 0 aromatic heterocycles. The van der Waals surface area contributed by atoms with Gasteiger partial charge in [0.2, 0.25) is 0 Å². The lowest BCUT2D eigenvalue weighted by atomic mass is 10.1. The smallest absolute Gasteiger partial charge is 0.151 e. The van der Waals surface area contributed by atoms with Crippen molar-refractivity contribution in [3.05, 3.63) is 0 Å². The van der Waals surface area contributed by atoms with E-state index in [0.717, 1.165) is 0 Å². The highest BCUT2D eigenvalue weighted by Gasteiger charge is 2.22. The normalized spacial score (nSPS) is 39.2. The van der Waals surface area contributed by atoms with Crippen LogP contribution in [0.2, 0.25) is 0 Å². The van der Waals surface area contributed by atoms with Crippen LogP contribution in [0.5, 0.6) is 0 Å². The molecule has 0 aliphatic rings. The van der Waals surface area contributed by atoms with Gasteiger partial charge in [0.15, 0.2) is 6.26 Å². The second-order valence-corrected chi connectivity index (χ2v) is 1.26. The van der Waals surface area contributed by atoms with Gasteiger partial charge in [-0.05, 0) is 0 Å². The average molecular weight is 156 g/mol. The minimum atomic E-state index is -4.17. The Kier molecular flexibility index (Phi) is 1.42. The third-order valence-electron chi connectivity index (χ3n) is 0.651. The Morgan fingerprint density at radius 1 is 1.70 bits per heavy atom. The van der Waals surface area contributed by atoms with E-state index in [2.05, 4.69) is 0 Å². The molecule has 0 fully saturated rings. The van der Waals surface area contributed by atoms with Crippen molar-refractivity contribution in [1.29, 1.82) is 0 Å². The number of hydrogen-bond donors (Lipinski definition) is 4. The summed E-state index contributed by atoms with van der Waals surface area (Å²) in [6.07, 6.45) is -14.5.